The van der Waals surface area contributed by atoms with Gasteiger partial charge in [-0.1, -0.05) is 6.42 Å². The minimum absolute atomic E-state index is 0.352. The van der Waals surface area contributed by atoms with Crippen LogP contribution in [0.25, 0.3) is 0 Å². The van der Waals surface area contributed by atoms with Gasteiger partial charge in [-0.15, -0.1) is 0 Å². The van der Waals surface area contributed by atoms with E-state index in [-0.39, 0.29) is 5.92 Å². The predicted octanol–water partition coefficient (Wildman–Crippen LogP) is -0.400. The van der Waals surface area contributed by atoms with Crippen LogP contribution in [0.4, 0.5) is 0 Å². The van der Waals surface area contributed by atoms with Crippen LogP contribution in [0.5, 0.6) is 0 Å². The van der Waals surface area contributed by atoms with Gasteiger partial charge in [0.05, 0.1) is 12.0 Å². The summed E-state index contributed by atoms with van der Waals surface area (Å²) in [5.41, 5.74) is 0. The molecule has 0 bridgehead atoms. The number of hydrogen-bond donors (Lipinski definition) is 1. The molecule has 0 spiro atoms. The van der Waals surface area contributed by atoms with Gasteiger partial charge in [-0.05, 0) is 12.8 Å². The molecule has 1 saturated carbocycles. The van der Waals surface area contributed by atoms with Crippen molar-refractivity contribution in [2.24, 2.45) is 5.92 Å². The van der Waals surface area contributed by atoms with E-state index in [1.807, 2.05) is 6.07 Å². The average Bonchev–Trinajstić information content (AvgIpc) is 2.45. The first-order valence-corrected chi connectivity index (χ1v) is 8.52. The molecular weight excluding hydrogens is 252 g/mol. The SMILES string of the molecule is CS(=O)(=O)CS(=O)(=O)NC1CCCC1C#N. The predicted molar refractivity (Wildman–Crippen MR) is 58.5 cm³/mol. The van der Waals surface area contributed by atoms with Gasteiger partial charge < -0.3 is 0 Å². The number of nitrogens with zero attached hydrogens (tertiary/aromatic N) is 1. The molecule has 1 fully saturated rings. The maximum atomic E-state index is 11.5. The molecule has 6 nitrogen and oxygen atoms in total. The van der Waals surface area contributed by atoms with Crippen LogP contribution < -0.4 is 4.72 Å². The summed E-state index contributed by atoms with van der Waals surface area (Å²) in [6.07, 6.45) is 2.89. The number of rotatable bonds is 4. The molecule has 2 atom stereocenters. The van der Waals surface area contributed by atoms with Crippen LogP contribution in [0, 0.1) is 17.2 Å². The van der Waals surface area contributed by atoms with Crippen molar-refractivity contribution in [1.82, 2.24) is 4.72 Å². The number of nitriles is 1. The Morgan fingerprint density at radius 1 is 1.31 bits per heavy atom. The van der Waals surface area contributed by atoms with E-state index in [0.29, 0.717) is 12.8 Å². The maximum absolute atomic E-state index is 11.5. The molecule has 16 heavy (non-hydrogen) atoms. The Balaban J connectivity index is 2.71. The van der Waals surface area contributed by atoms with Gasteiger partial charge in [0.2, 0.25) is 10.0 Å². The van der Waals surface area contributed by atoms with Gasteiger partial charge in [0.15, 0.2) is 14.9 Å². The fraction of sp³-hybridized carbons (Fsp3) is 0.875. The van der Waals surface area contributed by atoms with Crippen LogP contribution in [0.15, 0.2) is 0 Å². The number of sulfonamides is 1. The molecule has 0 amide bonds. The maximum Gasteiger partial charge on any atom is 0.226 e. The first-order valence-electron chi connectivity index (χ1n) is 4.81. The highest BCUT2D eigenvalue weighted by Crippen LogP contribution is 2.25. The molecule has 0 heterocycles. The fourth-order valence-corrected chi connectivity index (χ4v) is 5.07. The van der Waals surface area contributed by atoms with E-state index in [1.54, 1.807) is 0 Å². The smallest absolute Gasteiger partial charge is 0.226 e. The molecular formula is C8H14N2O4S2. The van der Waals surface area contributed by atoms with Crippen molar-refractivity contribution < 1.29 is 16.8 Å². The summed E-state index contributed by atoms with van der Waals surface area (Å²) < 4.78 is 47.0. The number of hydrogen-bond acceptors (Lipinski definition) is 5. The van der Waals surface area contributed by atoms with Gasteiger partial charge >= 0.3 is 0 Å². The quantitative estimate of drug-likeness (QED) is 0.745. The molecule has 1 aliphatic carbocycles. The van der Waals surface area contributed by atoms with Crippen LogP contribution in [0.1, 0.15) is 19.3 Å². The molecule has 1 aliphatic rings. The zero-order chi connectivity index (χ0) is 12.4. The van der Waals surface area contributed by atoms with E-state index in [1.165, 1.54) is 0 Å². The third kappa shape index (κ3) is 4.08. The van der Waals surface area contributed by atoms with E-state index in [0.717, 1.165) is 12.7 Å². The van der Waals surface area contributed by atoms with Crippen LogP contribution in [0.2, 0.25) is 0 Å². The van der Waals surface area contributed by atoms with Crippen LogP contribution in [-0.2, 0) is 19.9 Å². The molecule has 2 unspecified atom stereocenters. The summed E-state index contributed by atoms with van der Waals surface area (Å²) in [5.74, 6) is -0.352. The van der Waals surface area contributed by atoms with E-state index in [2.05, 4.69) is 4.72 Å². The summed E-state index contributed by atoms with van der Waals surface area (Å²) in [6.45, 7) is 0. The highest BCUT2D eigenvalue weighted by Gasteiger charge is 2.31. The van der Waals surface area contributed by atoms with Crippen molar-refractivity contribution in [2.45, 2.75) is 25.3 Å². The van der Waals surface area contributed by atoms with Crippen molar-refractivity contribution >= 4 is 19.9 Å². The normalized spacial score (nSPS) is 26.5. The molecule has 8 heteroatoms. The third-order valence-electron chi connectivity index (χ3n) is 2.38. The van der Waals surface area contributed by atoms with E-state index in [4.69, 9.17) is 5.26 Å². The standard InChI is InChI=1S/C8H14N2O4S2/c1-15(11,12)6-16(13,14)10-8-4-2-3-7(8)5-9/h7-8,10H,2-4,6H2,1H3. The lowest BCUT2D eigenvalue weighted by Gasteiger charge is -2.14. The zero-order valence-electron chi connectivity index (χ0n) is 8.88. The molecule has 0 aromatic carbocycles. The van der Waals surface area contributed by atoms with Gasteiger partial charge in [-0.25, -0.2) is 21.6 Å². The Labute approximate surface area is 95.6 Å². The second-order valence-corrected chi connectivity index (χ2v) is 8.31. The second kappa shape index (κ2) is 4.69. The molecule has 92 valence electrons. The van der Waals surface area contributed by atoms with Gasteiger partial charge in [0, 0.05) is 12.3 Å². The molecule has 0 aliphatic heterocycles. The average molecular weight is 266 g/mol. The van der Waals surface area contributed by atoms with E-state index >= 15 is 0 Å². The Bertz CT molecular complexity index is 489. The number of sulfone groups is 1. The summed E-state index contributed by atoms with van der Waals surface area (Å²) in [5, 5.41) is 7.84. The third-order valence-corrected chi connectivity index (χ3v) is 6.00. The lowest BCUT2D eigenvalue weighted by atomic mass is 10.1. The minimum atomic E-state index is -3.85. The second-order valence-electron chi connectivity index (χ2n) is 4.05. The van der Waals surface area contributed by atoms with E-state index < -0.39 is 31.0 Å². The highest BCUT2D eigenvalue weighted by atomic mass is 32.3. The Morgan fingerprint density at radius 2 is 1.94 bits per heavy atom. The van der Waals surface area contributed by atoms with Crippen molar-refractivity contribution in [3.05, 3.63) is 0 Å². The summed E-state index contributed by atoms with van der Waals surface area (Å²) >= 11 is 0. The van der Waals surface area contributed by atoms with Gasteiger partial charge in [0.25, 0.3) is 0 Å². The summed E-state index contributed by atoms with van der Waals surface area (Å²) in [4.78, 5) is 0. The van der Waals surface area contributed by atoms with Crippen molar-refractivity contribution in [1.29, 1.82) is 5.26 Å². The Morgan fingerprint density at radius 3 is 2.44 bits per heavy atom. The lowest BCUT2D eigenvalue weighted by molar-refractivity contribution is 0.517. The lowest BCUT2D eigenvalue weighted by Crippen LogP contribution is -2.39. The van der Waals surface area contributed by atoms with E-state index in [9.17, 15) is 16.8 Å². The van der Waals surface area contributed by atoms with Gasteiger partial charge in [0.1, 0.15) is 0 Å². The van der Waals surface area contributed by atoms with Crippen molar-refractivity contribution in [3.63, 3.8) is 0 Å². The Hall–Kier alpha value is -0.650. The van der Waals surface area contributed by atoms with Crippen molar-refractivity contribution in [3.8, 4) is 6.07 Å². The van der Waals surface area contributed by atoms with Crippen LogP contribution >= 0.6 is 0 Å². The molecule has 1 rings (SSSR count). The fourth-order valence-electron chi connectivity index (χ4n) is 1.80. The van der Waals surface area contributed by atoms with Gasteiger partial charge in [-0.3, -0.25) is 0 Å². The summed E-state index contributed by atoms with van der Waals surface area (Å²) in [6, 6.07) is 1.58. The first kappa shape index (κ1) is 13.4. The van der Waals surface area contributed by atoms with Crippen LogP contribution in [-0.4, -0.2) is 34.2 Å². The monoisotopic (exact) mass is 266 g/mol. The summed E-state index contributed by atoms with van der Waals surface area (Å²) in [7, 11) is -7.44. The van der Waals surface area contributed by atoms with Crippen LogP contribution in [0.3, 0.4) is 0 Å². The molecule has 0 aromatic heterocycles. The molecule has 0 saturated heterocycles. The number of nitrogens with one attached hydrogen (secondary N) is 1. The van der Waals surface area contributed by atoms with Crippen molar-refractivity contribution in [2.75, 3.05) is 11.3 Å². The minimum Gasteiger partial charge on any atom is -0.228 e. The largest absolute Gasteiger partial charge is 0.228 e. The molecule has 0 aromatic rings. The highest BCUT2D eigenvalue weighted by molar-refractivity contribution is 8.06. The topological polar surface area (TPSA) is 104 Å². The Kier molecular flexibility index (Phi) is 3.93. The zero-order valence-corrected chi connectivity index (χ0v) is 10.5. The first-order chi connectivity index (χ1) is 7.23. The molecule has 0 radical (unpaired) electrons. The molecule has 1 N–H and O–H groups in total. The van der Waals surface area contributed by atoms with Gasteiger partial charge in [-0.2, -0.15) is 5.26 Å².